The molecule has 0 saturated carbocycles. The van der Waals surface area contributed by atoms with Crippen LogP contribution in [0, 0.1) is 5.92 Å². The van der Waals surface area contributed by atoms with E-state index in [0.717, 1.165) is 16.7 Å². The van der Waals surface area contributed by atoms with Crippen LogP contribution in [0.3, 0.4) is 0 Å². The first-order valence-electron chi connectivity index (χ1n) is 17.0. The lowest BCUT2D eigenvalue weighted by molar-refractivity contribution is -0.120. The average molecular weight is 729 g/mol. The third-order valence-corrected chi connectivity index (χ3v) is 10.00. The van der Waals surface area contributed by atoms with Gasteiger partial charge in [-0.15, -0.1) is 11.3 Å². The Kier molecular flexibility index (Phi) is 12.2. The number of rotatable bonds is 13. The molecule has 5 rings (SSSR count). The summed E-state index contributed by atoms with van der Waals surface area (Å²) in [4.78, 5) is 57.9. The second kappa shape index (κ2) is 16.7. The fourth-order valence-electron chi connectivity index (χ4n) is 6.45. The third kappa shape index (κ3) is 8.20. The van der Waals surface area contributed by atoms with Crippen molar-refractivity contribution in [3.8, 4) is 28.4 Å². The summed E-state index contributed by atoms with van der Waals surface area (Å²) in [5.41, 5.74) is 3.96. The first kappa shape index (κ1) is 37.8. The zero-order valence-electron chi connectivity index (χ0n) is 30.4. The van der Waals surface area contributed by atoms with E-state index in [9.17, 15) is 19.2 Å². The third-order valence-electron chi connectivity index (χ3n) is 8.97. The Balaban J connectivity index is 1.50. The second-order valence-corrected chi connectivity index (χ2v) is 13.8. The van der Waals surface area contributed by atoms with Crippen LogP contribution in [0.5, 0.6) is 17.2 Å². The lowest BCUT2D eigenvalue weighted by Crippen LogP contribution is -2.39. The smallest absolute Gasteiger partial charge is 0.357 e. The number of nitrogens with one attached hydrogen (secondary N) is 3. The molecule has 2 unspecified atom stereocenters. The van der Waals surface area contributed by atoms with Gasteiger partial charge >= 0.3 is 5.97 Å². The molecule has 0 spiro atoms. The van der Waals surface area contributed by atoms with Crippen LogP contribution in [0.15, 0.2) is 59.4 Å². The van der Waals surface area contributed by atoms with Gasteiger partial charge in [0.2, 0.25) is 23.0 Å². The van der Waals surface area contributed by atoms with E-state index in [4.69, 9.17) is 18.9 Å². The summed E-state index contributed by atoms with van der Waals surface area (Å²) in [6.07, 6.45) is 2.28. The highest BCUT2D eigenvalue weighted by atomic mass is 32.1. The number of hydrogen-bond acceptors (Lipinski definition) is 11. The van der Waals surface area contributed by atoms with Crippen molar-refractivity contribution in [2.75, 3.05) is 39.1 Å². The van der Waals surface area contributed by atoms with Gasteiger partial charge < -0.3 is 34.9 Å². The van der Waals surface area contributed by atoms with Crippen molar-refractivity contribution in [3.05, 3.63) is 92.1 Å². The number of carbonyl (C=O) groups excluding carboxylic acids is 3. The monoisotopic (exact) mass is 728 g/mol. The van der Waals surface area contributed by atoms with E-state index in [1.807, 2.05) is 50.2 Å². The number of ether oxygens (including phenoxy) is 4. The van der Waals surface area contributed by atoms with Crippen LogP contribution in [0.25, 0.3) is 11.1 Å². The van der Waals surface area contributed by atoms with Gasteiger partial charge in [0, 0.05) is 17.4 Å². The van der Waals surface area contributed by atoms with Gasteiger partial charge in [-0.3, -0.25) is 14.4 Å². The van der Waals surface area contributed by atoms with E-state index in [1.54, 1.807) is 19.2 Å². The average Bonchev–Trinajstić information content (AvgIpc) is 3.39. The summed E-state index contributed by atoms with van der Waals surface area (Å²) in [6.45, 7) is 5.16. The van der Waals surface area contributed by atoms with E-state index < -0.39 is 24.0 Å². The second-order valence-electron chi connectivity index (χ2n) is 12.7. The lowest BCUT2D eigenvalue weighted by Gasteiger charge is -2.21. The van der Waals surface area contributed by atoms with Crippen LogP contribution in [0.4, 0.5) is 10.8 Å². The van der Waals surface area contributed by atoms with Gasteiger partial charge in [-0.05, 0) is 72.1 Å². The van der Waals surface area contributed by atoms with Gasteiger partial charge in [-0.1, -0.05) is 50.2 Å². The Labute approximate surface area is 306 Å². The van der Waals surface area contributed by atoms with Gasteiger partial charge in [0.15, 0.2) is 22.3 Å². The van der Waals surface area contributed by atoms with Crippen LogP contribution in [0.1, 0.15) is 65.3 Å². The van der Waals surface area contributed by atoms with Crippen LogP contribution in [-0.4, -0.2) is 57.2 Å². The van der Waals surface area contributed by atoms with Crippen molar-refractivity contribution >= 4 is 39.9 Å². The topological polar surface area (TPSA) is 154 Å². The number of aromatic nitrogens is 1. The summed E-state index contributed by atoms with van der Waals surface area (Å²) in [7, 11) is 5.91. The first-order chi connectivity index (χ1) is 25.0. The zero-order valence-corrected chi connectivity index (χ0v) is 31.2. The Morgan fingerprint density at radius 2 is 1.67 bits per heavy atom. The number of carbonyl (C=O) groups is 3. The van der Waals surface area contributed by atoms with Crippen molar-refractivity contribution in [1.82, 2.24) is 10.3 Å². The summed E-state index contributed by atoms with van der Waals surface area (Å²) in [6, 6.07) is 15.4. The fraction of sp³-hybridized carbons (Fsp3) is 0.359. The van der Waals surface area contributed by atoms with Gasteiger partial charge in [-0.25, -0.2) is 9.78 Å². The molecule has 52 heavy (non-hydrogen) atoms. The molecule has 1 aliphatic rings. The van der Waals surface area contributed by atoms with Crippen LogP contribution >= 0.6 is 11.3 Å². The predicted molar refractivity (Wildman–Crippen MR) is 201 cm³/mol. The Bertz CT molecular complexity index is 2010. The minimum atomic E-state index is -0.856. The highest BCUT2D eigenvalue weighted by Gasteiger charge is 2.31. The van der Waals surface area contributed by atoms with Crippen molar-refractivity contribution in [2.24, 2.45) is 5.92 Å². The maximum absolute atomic E-state index is 14.0. The highest BCUT2D eigenvalue weighted by Crippen LogP contribution is 2.50. The van der Waals surface area contributed by atoms with Crippen LogP contribution in [-0.2, 0) is 33.6 Å². The van der Waals surface area contributed by atoms with Crippen molar-refractivity contribution in [2.45, 2.75) is 58.5 Å². The van der Waals surface area contributed by atoms with Crippen LogP contribution < -0.4 is 35.6 Å². The minimum absolute atomic E-state index is 0.157. The number of amides is 2. The number of thiazole rings is 1. The number of methoxy groups -OCH3 is 4. The highest BCUT2D eigenvalue weighted by molar-refractivity contribution is 7.16. The number of nitrogens with zero attached hydrogens (tertiary/aromatic N) is 1. The van der Waals surface area contributed by atoms with E-state index in [0.29, 0.717) is 58.9 Å². The fourth-order valence-corrected chi connectivity index (χ4v) is 7.40. The standard InChI is InChI=1S/C39H44N4O8S/c1-21(2)33(37(46)43-39-42-34(38(47)51-7)31(52-39)18-13-23-11-9-8-10-12-23)41-28-17-15-25-26(20-29(28)45)27(40-22(3)44)16-14-24-19-30(48-4)35(49-5)36(50-6)32(24)25/h8-12,15,17,19-21,27,33H,13-14,16,18H2,1-7H3,(H,40,44)(H,41,45)(H,42,43,46). The molecule has 0 radical (unpaired) electrons. The summed E-state index contributed by atoms with van der Waals surface area (Å²) in [5, 5.41) is 9.29. The predicted octanol–water partition coefficient (Wildman–Crippen LogP) is 5.97. The van der Waals surface area contributed by atoms with Crippen LogP contribution in [0.2, 0.25) is 0 Å². The molecule has 12 nitrogen and oxygen atoms in total. The van der Waals surface area contributed by atoms with Gasteiger partial charge in [0.05, 0.1) is 40.2 Å². The summed E-state index contributed by atoms with van der Waals surface area (Å²) < 4.78 is 22.2. The number of aryl methyl sites for hydroxylation is 3. The maximum Gasteiger partial charge on any atom is 0.357 e. The molecule has 0 fully saturated rings. The van der Waals surface area contributed by atoms with E-state index in [-0.39, 0.29) is 33.8 Å². The molecule has 0 saturated heterocycles. The normalized spacial score (nSPS) is 13.9. The Hall–Kier alpha value is -5.43. The van der Waals surface area contributed by atoms with Crippen molar-refractivity contribution < 1.29 is 33.3 Å². The SMILES string of the molecule is COC(=O)c1nc(NC(=O)C(Nc2ccc3c(cc2=O)C(NC(C)=O)CCc2cc(OC)c(OC)c(OC)c2-3)C(C)C)sc1CCc1ccccc1. The van der Waals surface area contributed by atoms with E-state index in [2.05, 4.69) is 20.9 Å². The Morgan fingerprint density at radius 1 is 0.942 bits per heavy atom. The molecule has 3 N–H and O–H groups in total. The summed E-state index contributed by atoms with van der Waals surface area (Å²) >= 11 is 1.22. The van der Waals surface area contributed by atoms with Gasteiger partial charge in [0.1, 0.15) is 6.04 Å². The molecule has 2 amide bonds. The zero-order chi connectivity index (χ0) is 37.5. The molecule has 2 atom stereocenters. The number of hydrogen-bond donors (Lipinski definition) is 3. The largest absolute Gasteiger partial charge is 0.493 e. The molecule has 0 bridgehead atoms. The lowest BCUT2D eigenvalue weighted by atomic mass is 9.95. The van der Waals surface area contributed by atoms with E-state index in [1.165, 1.54) is 45.7 Å². The Morgan fingerprint density at radius 3 is 2.31 bits per heavy atom. The molecule has 3 aromatic carbocycles. The van der Waals surface area contributed by atoms with Gasteiger partial charge in [0.25, 0.3) is 0 Å². The molecule has 4 aromatic rings. The maximum atomic E-state index is 14.0. The minimum Gasteiger partial charge on any atom is -0.493 e. The molecule has 1 aromatic heterocycles. The van der Waals surface area contributed by atoms with E-state index >= 15 is 0 Å². The molecule has 274 valence electrons. The molecule has 0 aliphatic heterocycles. The molecule has 1 heterocycles. The number of esters is 1. The first-order valence-corrected chi connectivity index (χ1v) is 17.8. The molecular formula is C39H44N4O8S. The van der Waals surface area contributed by atoms with Crippen molar-refractivity contribution in [1.29, 1.82) is 0 Å². The summed E-state index contributed by atoms with van der Waals surface area (Å²) in [5.74, 6) is -0.175. The molecule has 13 heteroatoms. The number of benzene rings is 2. The molecular weight excluding hydrogens is 685 g/mol. The number of anilines is 2. The quantitative estimate of drug-likeness (QED) is 0.140. The molecule has 1 aliphatic carbocycles. The van der Waals surface area contributed by atoms with Crippen molar-refractivity contribution in [3.63, 3.8) is 0 Å². The van der Waals surface area contributed by atoms with Gasteiger partial charge in [-0.2, -0.15) is 0 Å². The number of fused-ring (bicyclic) bond motifs is 3.